The number of aliphatic hydroxyl groups excluding tert-OH is 1. The summed E-state index contributed by atoms with van der Waals surface area (Å²) in [6.45, 7) is 2.56. The van der Waals surface area contributed by atoms with Crippen LogP contribution in [-0.4, -0.2) is 40.3 Å². The van der Waals surface area contributed by atoms with Crippen LogP contribution in [0.25, 0.3) is 0 Å². The van der Waals surface area contributed by atoms with Crippen molar-refractivity contribution in [3.63, 3.8) is 0 Å². The first-order valence-electron chi connectivity index (χ1n) is 6.17. The van der Waals surface area contributed by atoms with Crippen molar-refractivity contribution in [1.29, 1.82) is 0 Å². The highest BCUT2D eigenvalue weighted by molar-refractivity contribution is 7.99. The Kier molecular flexibility index (Phi) is 7.65. The van der Waals surface area contributed by atoms with E-state index in [4.69, 9.17) is 17.3 Å². The van der Waals surface area contributed by atoms with Crippen molar-refractivity contribution in [1.82, 2.24) is 10.7 Å². The first kappa shape index (κ1) is 17.3. The van der Waals surface area contributed by atoms with Crippen LogP contribution in [0, 0.1) is 10.1 Å². The Morgan fingerprint density at radius 2 is 2.38 bits per heavy atom. The normalized spacial score (nSPS) is 10.6. The summed E-state index contributed by atoms with van der Waals surface area (Å²) in [4.78, 5) is 11.1. The smallest absolute Gasteiger partial charge is 0.283 e. The van der Waals surface area contributed by atoms with E-state index in [1.54, 1.807) is 12.1 Å². The number of nitro groups is 1. The molecule has 1 aromatic carbocycles. The number of nitrogens with zero attached hydrogens (tertiary/aromatic N) is 2. The summed E-state index contributed by atoms with van der Waals surface area (Å²) in [7, 11) is 0. The highest BCUT2D eigenvalue weighted by Crippen LogP contribution is 2.29. The van der Waals surface area contributed by atoms with Crippen molar-refractivity contribution in [2.45, 2.75) is 11.8 Å². The molecule has 0 spiro atoms. The monoisotopic (exact) mass is 328 g/mol. The SMILES string of the molecule is CCNC(=S)N/N=C/c1ccc(SCCO)c([N+](=O)[O-])c1. The molecular formula is C12H16N4O3S2. The Hall–Kier alpha value is -1.71. The second-order valence-corrected chi connectivity index (χ2v) is 5.33. The number of thiocarbonyl (C=S) groups is 1. The summed E-state index contributed by atoms with van der Waals surface area (Å²) < 4.78 is 0. The van der Waals surface area contributed by atoms with E-state index in [1.807, 2.05) is 6.92 Å². The van der Waals surface area contributed by atoms with Gasteiger partial charge in [-0.05, 0) is 25.2 Å². The molecule has 1 rings (SSSR count). The minimum absolute atomic E-state index is 0.00772. The third-order valence-electron chi connectivity index (χ3n) is 2.25. The maximum Gasteiger partial charge on any atom is 0.283 e. The van der Waals surface area contributed by atoms with E-state index in [9.17, 15) is 10.1 Å². The zero-order chi connectivity index (χ0) is 15.7. The van der Waals surface area contributed by atoms with Gasteiger partial charge in [-0.15, -0.1) is 11.8 Å². The molecular weight excluding hydrogens is 312 g/mol. The second-order valence-electron chi connectivity index (χ2n) is 3.79. The van der Waals surface area contributed by atoms with Gasteiger partial charge in [0.1, 0.15) is 0 Å². The lowest BCUT2D eigenvalue weighted by molar-refractivity contribution is -0.387. The summed E-state index contributed by atoms with van der Waals surface area (Å²) in [5, 5.41) is 27.0. The van der Waals surface area contributed by atoms with Gasteiger partial charge in [-0.3, -0.25) is 15.5 Å². The van der Waals surface area contributed by atoms with E-state index in [0.29, 0.717) is 27.9 Å². The molecule has 0 radical (unpaired) electrons. The Morgan fingerprint density at radius 1 is 1.62 bits per heavy atom. The zero-order valence-electron chi connectivity index (χ0n) is 11.4. The lowest BCUT2D eigenvalue weighted by Gasteiger charge is -2.04. The fourth-order valence-corrected chi connectivity index (χ4v) is 2.35. The molecule has 0 heterocycles. The summed E-state index contributed by atoms with van der Waals surface area (Å²) in [5.41, 5.74) is 3.19. The quantitative estimate of drug-likeness (QED) is 0.229. The predicted molar refractivity (Wildman–Crippen MR) is 87.9 cm³/mol. The Morgan fingerprint density at radius 3 is 3.00 bits per heavy atom. The topological polar surface area (TPSA) is 99.8 Å². The van der Waals surface area contributed by atoms with Crippen molar-refractivity contribution >= 4 is 41.0 Å². The van der Waals surface area contributed by atoms with Crippen molar-refractivity contribution in [3.8, 4) is 0 Å². The Labute approximate surface area is 132 Å². The molecule has 0 aliphatic rings. The molecule has 1 aromatic rings. The van der Waals surface area contributed by atoms with Crippen LogP contribution in [0.4, 0.5) is 5.69 Å². The fraction of sp³-hybridized carbons (Fsp3) is 0.333. The van der Waals surface area contributed by atoms with Crippen LogP contribution in [0.15, 0.2) is 28.2 Å². The van der Waals surface area contributed by atoms with Crippen molar-refractivity contribution in [3.05, 3.63) is 33.9 Å². The summed E-state index contributed by atoms with van der Waals surface area (Å²) in [6.07, 6.45) is 1.46. The van der Waals surface area contributed by atoms with Gasteiger partial charge in [-0.2, -0.15) is 5.10 Å². The number of rotatable bonds is 7. The van der Waals surface area contributed by atoms with Crippen molar-refractivity contribution in [2.24, 2.45) is 5.10 Å². The number of hydrazone groups is 1. The summed E-state index contributed by atoms with van der Waals surface area (Å²) in [6, 6.07) is 4.79. The fourth-order valence-electron chi connectivity index (χ4n) is 1.40. The number of benzene rings is 1. The largest absolute Gasteiger partial charge is 0.396 e. The van der Waals surface area contributed by atoms with E-state index in [-0.39, 0.29) is 12.3 Å². The van der Waals surface area contributed by atoms with Gasteiger partial charge in [0.2, 0.25) is 0 Å². The molecule has 0 fully saturated rings. The Balaban J connectivity index is 2.80. The van der Waals surface area contributed by atoms with Gasteiger partial charge in [-0.25, -0.2) is 0 Å². The lowest BCUT2D eigenvalue weighted by atomic mass is 10.2. The zero-order valence-corrected chi connectivity index (χ0v) is 13.0. The summed E-state index contributed by atoms with van der Waals surface area (Å²) in [5.74, 6) is 0.410. The van der Waals surface area contributed by atoms with Gasteiger partial charge >= 0.3 is 0 Å². The van der Waals surface area contributed by atoms with Crippen LogP contribution in [-0.2, 0) is 0 Å². The maximum atomic E-state index is 11.0. The van der Waals surface area contributed by atoms with Crippen LogP contribution < -0.4 is 10.7 Å². The molecule has 7 nitrogen and oxygen atoms in total. The van der Waals surface area contributed by atoms with E-state index in [1.165, 1.54) is 24.0 Å². The highest BCUT2D eigenvalue weighted by atomic mass is 32.2. The van der Waals surface area contributed by atoms with Crippen LogP contribution in [0.2, 0.25) is 0 Å². The van der Waals surface area contributed by atoms with E-state index >= 15 is 0 Å². The third-order valence-corrected chi connectivity index (χ3v) is 3.52. The lowest BCUT2D eigenvalue weighted by Crippen LogP contribution is -2.31. The number of nitro benzene ring substituents is 1. The van der Waals surface area contributed by atoms with Crippen LogP contribution in [0.3, 0.4) is 0 Å². The molecule has 9 heteroatoms. The first-order chi connectivity index (χ1) is 10.1. The number of aliphatic hydroxyl groups is 1. The van der Waals surface area contributed by atoms with Gasteiger partial charge in [0.05, 0.1) is 22.6 Å². The highest BCUT2D eigenvalue weighted by Gasteiger charge is 2.14. The van der Waals surface area contributed by atoms with Gasteiger partial charge in [0.25, 0.3) is 5.69 Å². The minimum atomic E-state index is -0.451. The van der Waals surface area contributed by atoms with Crippen LogP contribution in [0.5, 0.6) is 0 Å². The van der Waals surface area contributed by atoms with Gasteiger partial charge in [0.15, 0.2) is 5.11 Å². The minimum Gasteiger partial charge on any atom is -0.396 e. The van der Waals surface area contributed by atoms with Crippen LogP contribution >= 0.6 is 24.0 Å². The molecule has 0 amide bonds. The number of thioether (sulfide) groups is 1. The average Bonchev–Trinajstić information content (AvgIpc) is 2.46. The molecule has 0 aromatic heterocycles. The second kappa shape index (κ2) is 9.27. The number of hydrogen-bond donors (Lipinski definition) is 3. The molecule has 0 saturated carbocycles. The molecule has 0 aliphatic carbocycles. The number of hydrogen-bond acceptors (Lipinski definition) is 6. The third kappa shape index (κ3) is 6.06. The molecule has 114 valence electrons. The van der Waals surface area contributed by atoms with E-state index in [2.05, 4.69) is 15.8 Å². The van der Waals surface area contributed by atoms with Crippen molar-refractivity contribution in [2.75, 3.05) is 18.9 Å². The number of nitrogens with one attached hydrogen (secondary N) is 2. The predicted octanol–water partition coefficient (Wildman–Crippen LogP) is 1.50. The van der Waals surface area contributed by atoms with Crippen LogP contribution in [0.1, 0.15) is 12.5 Å². The van der Waals surface area contributed by atoms with E-state index < -0.39 is 4.92 Å². The molecule has 0 saturated heterocycles. The first-order valence-corrected chi connectivity index (χ1v) is 7.56. The standard InChI is InChI=1S/C12H16N4O3S2/c1-2-13-12(20)15-14-8-9-3-4-11(21-6-5-17)10(7-9)16(18)19/h3-4,7-8,17H,2,5-6H2,1H3,(H2,13,15,20)/b14-8+. The maximum absolute atomic E-state index is 11.0. The van der Waals surface area contributed by atoms with Gasteiger partial charge in [-0.1, -0.05) is 6.07 Å². The molecule has 3 N–H and O–H groups in total. The molecule has 0 atom stereocenters. The Bertz CT molecular complexity index is 537. The average molecular weight is 328 g/mol. The molecule has 0 unspecified atom stereocenters. The summed E-state index contributed by atoms with van der Waals surface area (Å²) >= 11 is 6.17. The molecule has 21 heavy (non-hydrogen) atoms. The van der Waals surface area contributed by atoms with Gasteiger partial charge in [0, 0.05) is 23.9 Å². The molecule has 0 aliphatic heterocycles. The van der Waals surface area contributed by atoms with E-state index in [0.717, 1.165) is 0 Å². The van der Waals surface area contributed by atoms with Gasteiger partial charge < -0.3 is 10.4 Å². The van der Waals surface area contributed by atoms with Crippen molar-refractivity contribution < 1.29 is 10.0 Å². The molecule has 0 bridgehead atoms.